The molecule has 0 heterocycles. The largest absolute Gasteiger partial charge is 0.370 e. The minimum atomic E-state index is -0.0238. The molecule has 3 N–H and O–H groups in total. The van der Waals surface area contributed by atoms with Crippen LogP contribution in [0, 0.1) is 0 Å². The smallest absolute Gasteiger partial charge is 0.188 e. The van der Waals surface area contributed by atoms with Gasteiger partial charge in [-0.3, -0.25) is 4.99 Å². The number of rotatable bonds is 4. The van der Waals surface area contributed by atoms with Gasteiger partial charge in [-0.25, -0.2) is 0 Å². The quantitative estimate of drug-likeness (QED) is 0.427. The van der Waals surface area contributed by atoms with Gasteiger partial charge in [-0.15, -0.1) is 24.0 Å². The summed E-state index contributed by atoms with van der Waals surface area (Å²) in [5.41, 5.74) is 7.05. The third kappa shape index (κ3) is 6.61. The van der Waals surface area contributed by atoms with Crippen LogP contribution in [0.2, 0.25) is 0 Å². The summed E-state index contributed by atoms with van der Waals surface area (Å²) in [5, 5.41) is 3.10. The molecule has 0 radical (unpaired) electrons. The molecule has 0 amide bonds. The third-order valence-corrected chi connectivity index (χ3v) is 3.24. The maximum absolute atomic E-state index is 5.82. The van der Waals surface area contributed by atoms with E-state index in [-0.39, 0.29) is 29.4 Å². The molecule has 1 rings (SSSR count). The van der Waals surface area contributed by atoms with Gasteiger partial charge in [0.25, 0.3) is 0 Å². The lowest BCUT2D eigenvalue weighted by atomic mass is 9.85. The van der Waals surface area contributed by atoms with E-state index in [1.807, 2.05) is 13.8 Å². The van der Waals surface area contributed by atoms with Crippen molar-refractivity contribution in [1.29, 1.82) is 0 Å². The lowest BCUT2D eigenvalue weighted by Gasteiger charge is -2.23. The van der Waals surface area contributed by atoms with Crippen molar-refractivity contribution >= 4 is 45.9 Å². The number of aliphatic imine (C=N–C) groups is 1. The van der Waals surface area contributed by atoms with Gasteiger partial charge in [0.1, 0.15) is 0 Å². The summed E-state index contributed by atoms with van der Waals surface area (Å²) < 4.78 is 1.09. The molecule has 0 aliphatic heterocycles. The number of halogens is 2. The van der Waals surface area contributed by atoms with Gasteiger partial charge in [-0.1, -0.05) is 41.9 Å². The van der Waals surface area contributed by atoms with Crippen molar-refractivity contribution in [1.82, 2.24) is 5.32 Å². The molecule has 108 valence electrons. The maximum Gasteiger partial charge on any atom is 0.188 e. The van der Waals surface area contributed by atoms with Gasteiger partial charge in [0.05, 0.1) is 6.54 Å². The summed E-state index contributed by atoms with van der Waals surface area (Å²) in [7, 11) is 0. The summed E-state index contributed by atoms with van der Waals surface area (Å²) >= 11 is 3.44. The number of hydrogen-bond donors (Lipinski definition) is 2. The molecule has 0 aromatic heterocycles. The zero-order chi connectivity index (χ0) is 13.8. The van der Waals surface area contributed by atoms with Crippen molar-refractivity contribution in [2.24, 2.45) is 10.7 Å². The van der Waals surface area contributed by atoms with Gasteiger partial charge in [-0.05, 0) is 31.5 Å². The van der Waals surface area contributed by atoms with E-state index >= 15 is 0 Å². The van der Waals surface area contributed by atoms with Crippen molar-refractivity contribution in [2.45, 2.75) is 39.2 Å². The first-order chi connectivity index (χ1) is 8.31. The number of nitrogens with zero attached hydrogens (tertiary/aromatic N) is 1. The summed E-state index contributed by atoms with van der Waals surface area (Å²) in [5.74, 6) is 0.509. The van der Waals surface area contributed by atoms with E-state index in [0.717, 1.165) is 4.47 Å². The van der Waals surface area contributed by atoms with Crippen LogP contribution in [0.25, 0.3) is 0 Å². The highest BCUT2D eigenvalue weighted by Gasteiger charge is 2.20. The Morgan fingerprint density at radius 2 is 1.84 bits per heavy atom. The maximum atomic E-state index is 5.82. The third-order valence-electron chi connectivity index (χ3n) is 2.71. The Bertz CT molecular complexity index is 413. The van der Waals surface area contributed by atoms with Gasteiger partial charge >= 0.3 is 0 Å². The van der Waals surface area contributed by atoms with Crippen molar-refractivity contribution in [3.8, 4) is 0 Å². The molecule has 0 spiro atoms. The number of nitrogens with two attached hydrogens (primary N) is 1. The minimum Gasteiger partial charge on any atom is -0.370 e. The van der Waals surface area contributed by atoms with Crippen LogP contribution < -0.4 is 11.1 Å². The van der Waals surface area contributed by atoms with Crippen LogP contribution in [0.5, 0.6) is 0 Å². The molecular weight excluding hydrogens is 417 g/mol. The highest BCUT2D eigenvalue weighted by atomic mass is 127. The molecular formula is C14H23BrIN3. The molecule has 5 heteroatoms. The predicted octanol–water partition coefficient (Wildman–Crippen LogP) is 3.66. The van der Waals surface area contributed by atoms with Crippen molar-refractivity contribution in [2.75, 3.05) is 6.54 Å². The van der Waals surface area contributed by atoms with Crippen molar-refractivity contribution in [3.05, 3.63) is 34.3 Å². The molecule has 0 saturated heterocycles. The fraction of sp³-hybridized carbons (Fsp3) is 0.500. The Labute approximate surface area is 141 Å². The van der Waals surface area contributed by atoms with Crippen LogP contribution in [-0.2, 0) is 5.41 Å². The monoisotopic (exact) mass is 439 g/mol. The van der Waals surface area contributed by atoms with E-state index in [1.165, 1.54) is 5.56 Å². The van der Waals surface area contributed by atoms with Gasteiger partial charge in [0.2, 0.25) is 0 Å². The average molecular weight is 440 g/mol. The molecule has 19 heavy (non-hydrogen) atoms. The Morgan fingerprint density at radius 3 is 2.32 bits per heavy atom. The van der Waals surface area contributed by atoms with Crippen molar-refractivity contribution < 1.29 is 0 Å². The summed E-state index contributed by atoms with van der Waals surface area (Å²) in [4.78, 5) is 4.41. The Kier molecular flexibility index (Phi) is 7.96. The van der Waals surface area contributed by atoms with Crippen LogP contribution in [0.3, 0.4) is 0 Å². The fourth-order valence-electron chi connectivity index (χ4n) is 1.62. The molecule has 0 aliphatic carbocycles. The van der Waals surface area contributed by atoms with E-state index in [0.29, 0.717) is 18.5 Å². The van der Waals surface area contributed by atoms with E-state index < -0.39 is 0 Å². The Hall–Kier alpha value is -0.300. The van der Waals surface area contributed by atoms with Gasteiger partial charge in [-0.2, -0.15) is 0 Å². The predicted molar refractivity (Wildman–Crippen MR) is 97.3 cm³/mol. The normalized spacial score (nSPS) is 12.2. The second kappa shape index (κ2) is 8.09. The van der Waals surface area contributed by atoms with Crippen LogP contribution in [0.4, 0.5) is 0 Å². The Morgan fingerprint density at radius 1 is 1.32 bits per heavy atom. The molecule has 0 atom stereocenters. The lowest BCUT2D eigenvalue weighted by Crippen LogP contribution is -2.38. The van der Waals surface area contributed by atoms with Gasteiger partial charge in [0.15, 0.2) is 5.96 Å². The number of nitrogens with one attached hydrogen (secondary N) is 1. The second-order valence-electron chi connectivity index (χ2n) is 5.39. The highest BCUT2D eigenvalue weighted by molar-refractivity contribution is 14.0. The molecule has 1 aromatic rings. The highest BCUT2D eigenvalue weighted by Crippen LogP contribution is 2.24. The molecule has 0 saturated carbocycles. The zero-order valence-electron chi connectivity index (χ0n) is 11.9. The van der Waals surface area contributed by atoms with E-state index in [4.69, 9.17) is 5.73 Å². The van der Waals surface area contributed by atoms with E-state index in [2.05, 4.69) is 64.4 Å². The summed E-state index contributed by atoms with van der Waals surface area (Å²) in [6.45, 7) is 9.09. The van der Waals surface area contributed by atoms with Crippen molar-refractivity contribution in [3.63, 3.8) is 0 Å². The molecule has 0 fully saturated rings. The van der Waals surface area contributed by atoms with Crippen LogP contribution in [-0.4, -0.2) is 18.5 Å². The average Bonchev–Trinajstić information content (AvgIpc) is 2.26. The standard InChI is InChI=1S/C14H22BrN3.HI/c1-10(2)18-13(16)17-9-14(3,4)11-5-7-12(15)8-6-11;/h5-8,10H,9H2,1-4H3,(H3,16,17,18);1H. The van der Waals surface area contributed by atoms with E-state index in [1.54, 1.807) is 0 Å². The molecule has 1 aromatic carbocycles. The summed E-state index contributed by atoms with van der Waals surface area (Å²) in [6, 6.07) is 8.65. The Balaban J connectivity index is 0.00000324. The van der Waals surface area contributed by atoms with Crippen LogP contribution >= 0.6 is 39.9 Å². The lowest BCUT2D eigenvalue weighted by molar-refractivity contribution is 0.537. The minimum absolute atomic E-state index is 0. The van der Waals surface area contributed by atoms with Crippen LogP contribution in [0.1, 0.15) is 33.3 Å². The summed E-state index contributed by atoms with van der Waals surface area (Å²) in [6.07, 6.45) is 0. The molecule has 3 nitrogen and oxygen atoms in total. The second-order valence-corrected chi connectivity index (χ2v) is 6.31. The molecule has 0 bridgehead atoms. The number of guanidine groups is 1. The zero-order valence-corrected chi connectivity index (χ0v) is 15.8. The fourth-order valence-corrected chi connectivity index (χ4v) is 1.88. The SMILES string of the molecule is CC(C)NC(N)=NCC(C)(C)c1ccc(Br)cc1.I. The van der Waals surface area contributed by atoms with E-state index in [9.17, 15) is 0 Å². The molecule has 0 unspecified atom stereocenters. The first kappa shape index (κ1) is 18.7. The first-order valence-electron chi connectivity index (χ1n) is 6.14. The number of hydrogen-bond acceptors (Lipinski definition) is 1. The topological polar surface area (TPSA) is 50.4 Å². The molecule has 0 aliphatic rings. The van der Waals surface area contributed by atoms with Crippen LogP contribution in [0.15, 0.2) is 33.7 Å². The first-order valence-corrected chi connectivity index (χ1v) is 6.93. The van der Waals surface area contributed by atoms with Gasteiger partial charge in [0, 0.05) is 15.9 Å². The number of benzene rings is 1. The van der Waals surface area contributed by atoms with Gasteiger partial charge < -0.3 is 11.1 Å².